The summed E-state index contributed by atoms with van der Waals surface area (Å²) < 4.78 is 0. The van der Waals surface area contributed by atoms with E-state index >= 15 is 0 Å². The van der Waals surface area contributed by atoms with Gasteiger partial charge < -0.3 is 0 Å². The van der Waals surface area contributed by atoms with Gasteiger partial charge in [-0.2, -0.15) is 10.2 Å². The molecule has 1 fully saturated rings. The third-order valence-corrected chi connectivity index (χ3v) is 4.32. The summed E-state index contributed by atoms with van der Waals surface area (Å²) in [4.78, 5) is 12.7. The van der Waals surface area contributed by atoms with Gasteiger partial charge in [0.15, 0.2) is 5.78 Å². The first-order valence-electron chi connectivity index (χ1n) is 7.67. The van der Waals surface area contributed by atoms with Crippen LogP contribution in [-0.4, -0.2) is 16.0 Å². The predicted molar refractivity (Wildman–Crippen MR) is 82.6 cm³/mol. The Morgan fingerprint density at radius 2 is 1.90 bits per heavy atom. The smallest absolute Gasteiger partial charge is 0.194 e. The highest BCUT2D eigenvalue weighted by Gasteiger charge is 2.20. The van der Waals surface area contributed by atoms with E-state index in [0.29, 0.717) is 17.9 Å². The van der Waals surface area contributed by atoms with Gasteiger partial charge >= 0.3 is 0 Å². The van der Waals surface area contributed by atoms with Gasteiger partial charge in [0, 0.05) is 11.1 Å². The molecule has 1 aromatic carbocycles. The van der Waals surface area contributed by atoms with Crippen LogP contribution in [-0.2, 0) is 6.42 Å². The maximum absolute atomic E-state index is 12.7. The summed E-state index contributed by atoms with van der Waals surface area (Å²) in [5.74, 6) is 0.746. The van der Waals surface area contributed by atoms with Gasteiger partial charge in [-0.3, -0.25) is 4.79 Å². The Balaban J connectivity index is 1.89. The van der Waals surface area contributed by atoms with E-state index in [1.165, 1.54) is 24.8 Å². The van der Waals surface area contributed by atoms with Gasteiger partial charge in [0.25, 0.3) is 0 Å². The lowest BCUT2D eigenvalue weighted by atomic mass is 9.80. The molecule has 1 aliphatic rings. The molecule has 0 amide bonds. The summed E-state index contributed by atoms with van der Waals surface area (Å²) in [6.45, 7) is 3.86. The minimum Gasteiger partial charge on any atom is -0.289 e. The zero-order chi connectivity index (χ0) is 14.8. The second-order valence-corrected chi connectivity index (χ2v) is 5.78. The Morgan fingerprint density at radius 3 is 2.48 bits per heavy atom. The molecule has 1 aliphatic carbocycles. The van der Waals surface area contributed by atoms with Crippen molar-refractivity contribution in [3.8, 4) is 0 Å². The summed E-state index contributed by atoms with van der Waals surface area (Å²) in [5.41, 5.74) is 4.33. The van der Waals surface area contributed by atoms with Crippen molar-refractivity contribution < 1.29 is 4.79 Å². The number of aryl methyl sites for hydroxylation is 2. The molecule has 0 saturated heterocycles. The third kappa shape index (κ3) is 2.73. The van der Waals surface area contributed by atoms with Gasteiger partial charge in [-0.15, -0.1) is 0 Å². The lowest BCUT2D eigenvalue weighted by Gasteiger charge is -2.25. The number of aromatic nitrogens is 2. The number of ketones is 1. The Kier molecular flexibility index (Phi) is 3.82. The lowest BCUT2D eigenvalue weighted by molar-refractivity contribution is 0.103. The van der Waals surface area contributed by atoms with Crippen molar-refractivity contribution in [2.45, 2.75) is 45.4 Å². The molecule has 0 spiro atoms. The molecule has 3 nitrogen and oxygen atoms in total. The molecule has 3 heteroatoms. The first-order chi connectivity index (χ1) is 10.2. The van der Waals surface area contributed by atoms with Crippen LogP contribution in [0.1, 0.15) is 65.0 Å². The van der Waals surface area contributed by atoms with Crippen LogP contribution in [0, 0.1) is 6.92 Å². The van der Waals surface area contributed by atoms with Crippen LogP contribution in [0.2, 0.25) is 0 Å². The number of hydrogen-bond donors (Lipinski definition) is 0. The Morgan fingerprint density at radius 1 is 1.19 bits per heavy atom. The van der Waals surface area contributed by atoms with Crippen LogP contribution in [0.4, 0.5) is 0 Å². The van der Waals surface area contributed by atoms with Gasteiger partial charge in [-0.1, -0.05) is 37.6 Å². The Labute approximate surface area is 125 Å². The van der Waals surface area contributed by atoms with Crippen LogP contribution in [0.5, 0.6) is 0 Å². The molecule has 0 radical (unpaired) electrons. The van der Waals surface area contributed by atoms with E-state index in [9.17, 15) is 4.79 Å². The molecule has 1 saturated carbocycles. The quantitative estimate of drug-likeness (QED) is 0.799. The fraction of sp³-hybridized carbons (Fsp3) is 0.389. The van der Waals surface area contributed by atoms with Gasteiger partial charge in [0.1, 0.15) is 0 Å². The SMILES string of the molecule is CCc1nnc(C)cc1C(=O)c1ccc(C2CCC2)cc1. The van der Waals surface area contributed by atoms with Crippen LogP contribution < -0.4 is 0 Å². The Bertz CT molecular complexity index is 657. The number of hydrogen-bond acceptors (Lipinski definition) is 3. The molecule has 0 N–H and O–H groups in total. The highest BCUT2D eigenvalue weighted by atomic mass is 16.1. The molecule has 1 heterocycles. The minimum absolute atomic E-state index is 0.0463. The number of rotatable bonds is 4. The van der Waals surface area contributed by atoms with Gasteiger partial charge in [0.2, 0.25) is 0 Å². The van der Waals surface area contributed by atoms with Crippen molar-refractivity contribution >= 4 is 5.78 Å². The molecule has 0 aliphatic heterocycles. The van der Waals surface area contributed by atoms with E-state index in [1.54, 1.807) is 0 Å². The zero-order valence-corrected chi connectivity index (χ0v) is 12.6. The molecule has 2 aromatic rings. The van der Waals surface area contributed by atoms with Crippen LogP contribution >= 0.6 is 0 Å². The summed E-state index contributed by atoms with van der Waals surface area (Å²) in [5, 5.41) is 8.18. The number of benzene rings is 1. The third-order valence-electron chi connectivity index (χ3n) is 4.32. The van der Waals surface area contributed by atoms with Crippen molar-refractivity contribution in [2.75, 3.05) is 0 Å². The largest absolute Gasteiger partial charge is 0.289 e. The molecule has 0 atom stereocenters. The molecule has 1 aromatic heterocycles. The molecular weight excluding hydrogens is 260 g/mol. The van der Waals surface area contributed by atoms with E-state index < -0.39 is 0 Å². The number of carbonyl (C=O) groups is 1. The molecule has 3 rings (SSSR count). The lowest BCUT2D eigenvalue weighted by Crippen LogP contribution is -2.11. The van der Waals surface area contributed by atoms with E-state index in [-0.39, 0.29) is 5.78 Å². The average molecular weight is 280 g/mol. The molecule has 108 valence electrons. The van der Waals surface area contributed by atoms with E-state index in [2.05, 4.69) is 22.3 Å². The van der Waals surface area contributed by atoms with E-state index in [4.69, 9.17) is 0 Å². The fourth-order valence-electron chi connectivity index (χ4n) is 2.78. The maximum atomic E-state index is 12.7. The van der Waals surface area contributed by atoms with Crippen molar-refractivity contribution in [2.24, 2.45) is 0 Å². The summed E-state index contributed by atoms with van der Waals surface area (Å²) in [7, 11) is 0. The first kappa shape index (κ1) is 13.9. The summed E-state index contributed by atoms with van der Waals surface area (Å²) in [6.07, 6.45) is 4.60. The van der Waals surface area contributed by atoms with Crippen molar-refractivity contribution in [1.82, 2.24) is 10.2 Å². The number of carbonyl (C=O) groups excluding carboxylic acids is 1. The second kappa shape index (κ2) is 5.76. The van der Waals surface area contributed by atoms with Crippen molar-refractivity contribution in [3.63, 3.8) is 0 Å². The first-order valence-corrected chi connectivity index (χ1v) is 7.67. The topological polar surface area (TPSA) is 42.9 Å². The normalized spacial score (nSPS) is 14.8. The van der Waals surface area contributed by atoms with Gasteiger partial charge in [-0.05, 0) is 43.7 Å². The Hall–Kier alpha value is -2.03. The van der Waals surface area contributed by atoms with E-state index in [1.807, 2.05) is 32.0 Å². The molecule has 0 bridgehead atoms. The van der Waals surface area contributed by atoms with Gasteiger partial charge in [0.05, 0.1) is 11.4 Å². The monoisotopic (exact) mass is 280 g/mol. The van der Waals surface area contributed by atoms with Crippen LogP contribution in [0.15, 0.2) is 30.3 Å². The standard InChI is InChI=1S/C18H20N2O/c1-3-17-16(11-12(2)19-20-17)18(21)15-9-7-14(8-10-15)13-5-4-6-13/h7-11,13H,3-6H2,1-2H3. The second-order valence-electron chi connectivity index (χ2n) is 5.78. The fourth-order valence-corrected chi connectivity index (χ4v) is 2.78. The highest BCUT2D eigenvalue weighted by Crippen LogP contribution is 2.36. The summed E-state index contributed by atoms with van der Waals surface area (Å²) in [6, 6.07) is 9.94. The summed E-state index contributed by atoms with van der Waals surface area (Å²) >= 11 is 0. The zero-order valence-electron chi connectivity index (χ0n) is 12.6. The van der Waals surface area contributed by atoms with E-state index in [0.717, 1.165) is 17.0 Å². The molecule has 21 heavy (non-hydrogen) atoms. The van der Waals surface area contributed by atoms with Crippen LogP contribution in [0.3, 0.4) is 0 Å². The average Bonchev–Trinajstić information content (AvgIpc) is 2.45. The maximum Gasteiger partial charge on any atom is 0.194 e. The molecular formula is C18H20N2O. The van der Waals surface area contributed by atoms with Crippen molar-refractivity contribution in [1.29, 1.82) is 0 Å². The minimum atomic E-state index is 0.0463. The van der Waals surface area contributed by atoms with Gasteiger partial charge in [-0.25, -0.2) is 0 Å². The van der Waals surface area contributed by atoms with Crippen LogP contribution in [0.25, 0.3) is 0 Å². The number of nitrogens with zero attached hydrogens (tertiary/aromatic N) is 2. The molecule has 0 unspecified atom stereocenters. The van der Waals surface area contributed by atoms with Crippen molar-refractivity contribution in [3.05, 3.63) is 58.4 Å². The predicted octanol–water partition coefficient (Wildman–Crippen LogP) is 3.85. The highest BCUT2D eigenvalue weighted by molar-refractivity contribution is 6.09.